The number of ether oxygens (including phenoxy) is 1. The van der Waals surface area contributed by atoms with Gasteiger partial charge in [-0.15, -0.1) is 0 Å². The van der Waals surface area contributed by atoms with Crippen molar-refractivity contribution in [3.63, 3.8) is 0 Å². The van der Waals surface area contributed by atoms with E-state index < -0.39 is 47.1 Å². The van der Waals surface area contributed by atoms with Gasteiger partial charge < -0.3 is 10.1 Å². The van der Waals surface area contributed by atoms with Gasteiger partial charge in [-0.25, -0.2) is 4.90 Å². The van der Waals surface area contributed by atoms with Gasteiger partial charge in [-0.3, -0.25) is 24.1 Å². The van der Waals surface area contributed by atoms with Crippen LogP contribution in [-0.2, 0) is 23.9 Å². The Morgan fingerprint density at radius 3 is 2.48 bits per heavy atom. The zero-order valence-corrected chi connectivity index (χ0v) is 18.6. The Bertz CT molecular complexity index is 1160. The van der Waals surface area contributed by atoms with Gasteiger partial charge in [0.1, 0.15) is 5.54 Å². The SMILES string of the molecule is COC(=O)C[C@]12C(=O)NCCN1[C@@H](c1ccccc1)[C@H]1C(=O)N(c3ccccc3Cl)C(=O)[C@H]12. The van der Waals surface area contributed by atoms with E-state index in [0.29, 0.717) is 13.1 Å². The van der Waals surface area contributed by atoms with Crippen LogP contribution in [0.3, 0.4) is 0 Å². The molecule has 0 spiro atoms. The maximum Gasteiger partial charge on any atom is 0.307 e. The highest BCUT2D eigenvalue weighted by Crippen LogP contribution is 2.57. The molecule has 0 aliphatic carbocycles. The van der Waals surface area contributed by atoms with Crippen LogP contribution in [0.25, 0.3) is 0 Å². The smallest absolute Gasteiger partial charge is 0.307 e. The number of methoxy groups -OCH3 is 1. The van der Waals surface area contributed by atoms with Crippen LogP contribution in [0.4, 0.5) is 5.69 Å². The van der Waals surface area contributed by atoms with Gasteiger partial charge in [-0.2, -0.15) is 0 Å². The first kappa shape index (κ1) is 21.6. The predicted molar refractivity (Wildman–Crippen MR) is 119 cm³/mol. The lowest BCUT2D eigenvalue weighted by molar-refractivity contribution is -0.154. The molecule has 0 radical (unpaired) electrons. The number of nitrogens with zero attached hydrogens (tertiary/aromatic N) is 2. The lowest BCUT2D eigenvalue weighted by Crippen LogP contribution is -2.67. The molecule has 8 nitrogen and oxygen atoms in total. The molecule has 170 valence electrons. The van der Waals surface area contributed by atoms with Gasteiger partial charge in [0, 0.05) is 19.1 Å². The van der Waals surface area contributed by atoms with Crippen LogP contribution in [0.5, 0.6) is 0 Å². The fourth-order valence-electron chi connectivity index (χ4n) is 5.68. The van der Waals surface area contributed by atoms with Gasteiger partial charge in [0.05, 0.1) is 36.1 Å². The number of fused-ring (bicyclic) bond motifs is 3. The summed E-state index contributed by atoms with van der Waals surface area (Å²) in [5.41, 5.74) is -0.471. The molecule has 3 saturated heterocycles. The molecule has 3 fully saturated rings. The second-order valence-corrected chi connectivity index (χ2v) is 8.86. The third kappa shape index (κ3) is 3.01. The van der Waals surface area contributed by atoms with Crippen LogP contribution in [0.15, 0.2) is 54.6 Å². The number of rotatable bonds is 4. The molecule has 1 N–H and O–H groups in total. The molecule has 0 saturated carbocycles. The largest absolute Gasteiger partial charge is 0.469 e. The zero-order chi connectivity index (χ0) is 23.3. The monoisotopic (exact) mass is 467 g/mol. The molecule has 2 aromatic carbocycles. The number of halogens is 1. The minimum Gasteiger partial charge on any atom is -0.469 e. The molecule has 0 aromatic heterocycles. The van der Waals surface area contributed by atoms with Crippen molar-refractivity contribution in [2.75, 3.05) is 25.1 Å². The Morgan fingerprint density at radius 2 is 1.79 bits per heavy atom. The fraction of sp³-hybridized carbons (Fsp3) is 0.333. The second kappa shape index (κ2) is 7.97. The van der Waals surface area contributed by atoms with E-state index in [1.165, 1.54) is 7.11 Å². The Labute approximate surface area is 195 Å². The van der Waals surface area contributed by atoms with Crippen LogP contribution in [0, 0.1) is 11.8 Å². The van der Waals surface area contributed by atoms with E-state index in [0.717, 1.165) is 10.5 Å². The standard InChI is InChI=1S/C24H22ClN3O5/c1-33-17(29)13-24-19-18(21(30)28(22(19)31)16-10-6-5-9-15(16)25)20(14-7-3-2-4-8-14)27(24)12-11-26-23(24)32/h2-10,18-20H,11-13H2,1H3,(H,26,32)/t18-,19-,20-,24-/m0/s1. The average molecular weight is 468 g/mol. The Hall–Kier alpha value is -3.23. The quantitative estimate of drug-likeness (QED) is 0.545. The van der Waals surface area contributed by atoms with E-state index >= 15 is 0 Å². The van der Waals surface area contributed by atoms with Crippen molar-refractivity contribution in [2.24, 2.45) is 11.8 Å². The van der Waals surface area contributed by atoms with Crippen molar-refractivity contribution in [3.05, 3.63) is 65.2 Å². The van der Waals surface area contributed by atoms with Gasteiger partial charge in [-0.05, 0) is 17.7 Å². The number of nitrogens with one attached hydrogen (secondary N) is 1. The van der Waals surface area contributed by atoms with Crippen LogP contribution in [-0.4, -0.2) is 54.3 Å². The van der Waals surface area contributed by atoms with E-state index in [1.807, 2.05) is 35.2 Å². The van der Waals surface area contributed by atoms with Crippen molar-refractivity contribution in [2.45, 2.75) is 18.0 Å². The summed E-state index contributed by atoms with van der Waals surface area (Å²) in [7, 11) is 1.24. The predicted octanol–water partition coefficient (Wildman–Crippen LogP) is 1.93. The molecule has 0 bridgehead atoms. The molecular weight excluding hydrogens is 446 g/mol. The van der Waals surface area contributed by atoms with Gasteiger partial charge in [0.15, 0.2) is 0 Å². The Balaban J connectivity index is 1.72. The summed E-state index contributed by atoms with van der Waals surface area (Å²) in [5.74, 6) is -3.97. The summed E-state index contributed by atoms with van der Waals surface area (Å²) in [5, 5.41) is 3.07. The molecule has 3 amide bonds. The maximum absolute atomic E-state index is 13.9. The number of imide groups is 1. The molecule has 0 unspecified atom stereocenters. The minimum absolute atomic E-state index is 0.252. The lowest BCUT2D eigenvalue weighted by atomic mass is 9.76. The van der Waals surface area contributed by atoms with Crippen LogP contribution in [0.2, 0.25) is 5.02 Å². The molecule has 3 aliphatic rings. The highest BCUT2D eigenvalue weighted by Gasteiger charge is 2.73. The van der Waals surface area contributed by atoms with E-state index in [1.54, 1.807) is 24.3 Å². The minimum atomic E-state index is -1.54. The zero-order valence-electron chi connectivity index (χ0n) is 17.9. The lowest BCUT2D eigenvalue weighted by Gasteiger charge is -2.45. The van der Waals surface area contributed by atoms with Crippen molar-refractivity contribution in [1.82, 2.24) is 10.2 Å². The number of esters is 1. The highest BCUT2D eigenvalue weighted by molar-refractivity contribution is 6.36. The summed E-state index contributed by atoms with van der Waals surface area (Å²) in [6.45, 7) is 0.739. The molecule has 5 rings (SSSR count). The first-order valence-corrected chi connectivity index (χ1v) is 11.1. The molecular formula is C24H22ClN3O5. The normalized spacial score (nSPS) is 29.0. The van der Waals surface area contributed by atoms with Gasteiger partial charge in [0.25, 0.3) is 0 Å². The van der Waals surface area contributed by atoms with Crippen LogP contribution >= 0.6 is 11.6 Å². The highest BCUT2D eigenvalue weighted by atomic mass is 35.5. The Kier molecular flexibility index (Phi) is 5.22. The fourth-order valence-corrected chi connectivity index (χ4v) is 5.90. The number of anilines is 1. The van der Waals surface area contributed by atoms with Crippen molar-refractivity contribution >= 4 is 41.0 Å². The third-order valence-electron chi connectivity index (χ3n) is 6.96. The van der Waals surface area contributed by atoms with Gasteiger partial charge in [-0.1, -0.05) is 54.1 Å². The maximum atomic E-state index is 13.9. The topological polar surface area (TPSA) is 96.0 Å². The summed E-state index contributed by atoms with van der Waals surface area (Å²) in [6, 6.07) is 15.3. The number of hydrogen-bond donors (Lipinski definition) is 1. The number of carbonyl (C=O) groups excluding carboxylic acids is 4. The number of piperazine rings is 1. The van der Waals surface area contributed by atoms with E-state index in [4.69, 9.17) is 16.3 Å². The van der Waals surface area contributed by atoms with Crippen LogP contribution in [0.1, 0.15) is 18.0 Å². The number of carbonyl (C=O) groups is 4. The summed E-state index contributed by atoms with van der Waals surface area (Å²) in [4.78, 5) is 56.7. The van der Waals surface area contributed by atoms with Crippen molar-refractivity contribution < 1.29 is 23.9 Å². The van der Waals surface area contributed by atoms with E-state index in [2.05, 4.69) is 5.32 Å². The van der Waals surface area contributed by atoms with E-state index in [9.17, 15) is 19.2 Å². The summed E-state index contributed by atoms with van der Waals surface area (Å²) < 4.78 is 4.91. The van der Waals surface area contributed by atoms with Crippen molar-refractivity contribution in [3.8, 4) is 0 Å². The molecule has 2 aromatic rings. The summed E-state index contributed by atoms with van der Waals surface area (Å²) in [6.07, 6.45) is -0.338. The number of amides is 3. The summed E-state index contributed by atoms with van der Waals surface area (Å²) >= 11 is 6.34. The van der Waals surface area contributed by atoms with Gasteiger partial charge in [0.2, 0.25) is 17.7 Å². The van der Waals surface area contributed by atoms with Crippen molar-refractivity contribution in [1.29, 1.82) is 0 Å². The first-order valence-electron chi connectivity index (χ1n) is 10.7. The number of benzene rings is 2. The molecule has 3 aliphatic heterocycles. The number of para-hydroxylation sites is 1. The van der Waals surface area contributed by atoms with E-state index in [-0.39, 0.29) is 17.1 Å². The third-order valence-corrected chi connectivity index (χ3v) is 7.28. The molecule has 3 heterocycles. The van der Waals surface area contributed by atoms with Crippen LogP contribution < -0.4 is 10.2 Å². The molecule has 4 atom stereocenters. The Morgan fingerprint density at radius 1 is 1.09 bits per heavy atom. The average Bonchev–Trinajstić information content (AvgIpc) is 3.26. The number of hydrogen-bond acceptors (Lipinski definition) is 6. The molecule has 9 heteroatoms. The first-order chi connectivity index (χ1) is 15.9. The van der Waals surface area contributed by atoms with Gasteiger partial charge >= 0.3 is 5.97 Å². The second-order valence-electron chi connectivity index (χ2n) is 8.45. The molecule has 33 heavy (non-hydrogen) atoms.